The van der Waals surface area contributed by atoms with Crippen molar-refractivity contribution in [2.24, 2.45) is 5.73 Å². The number of carbonyl (C=O) groups is 1. The van der Waals surface area contributed by atoms with Crippen molar-refractivity contribution in [3.63, 3.8) is 0 Å². The molecule has 0 atom stereocenters. The number of hydrogen-bond acceptors (Lipinski definition) is 3. The summed E-state index contributed by atoms with van der Waals surface area (Å²) in [5.74, 6) is -0.242. The summed E-state index contributed by atoms with van der Waals surface area (Å²) in [7, 11) is 0.00849. The molecular weight excluding hydrogens is 178 g/mol. The molecule has 0 aliphatic carbocycles. The van der Waals surface area contributed by atoms with Crippen molar-refractivity contribution in [3.05, 3.63) is 0 Å². The van der Waals surface area contributed by atoms with E-state index in [2.05, 4.69) is 18.4 Å². The summed E-state index contributed by atoms with van der Waals surface area (Å²) in [6, 6.07) is 1.42. The van der Waals surface area contributed by atoms with Gasteiger partial charge in [-0.1, -0.05) is 6.42 Å². The molecular formula is C6H15NO2SSi. The second-order valence-electron chi connectivity index (χ2n) is 2.30. The Hall–Kier alpha value is -0.00312. The lowest BCUT2D eigenvalue weighted by Gasteiger charge is -2.07. The molecule has 66 valence electrons. The van der Waals surface area contributed by atoms with Crippen molar-refractivity contribution in [3.8, 4) is 0 Å². The Bertz CT molecular complexity index is 97.2. The number of primary amides is 1. The van der Waals surface area contributed by atoms with E-state index in [9.17, 15) is 4.79 Å². The molecule has 1 fully saturated rings. The molecule has 0 saturated carbocycles. The van der Waals surface area contributed by atoms with Gasteiger partial charge >= 0.3 is 0 Å². The number of hydrogen-bond donors (Lipinski definition) is 2. The van der Waals surface area contributed by atoms with Gasteiger partial charge in [-0.25, -0.2) is 0 Å². The third-order valence-corrected chi connectivity index (χ3v) is 2.91. The van der Waals surface area contributed by atoms with Gasteiger partial charge < -0.3 is 10.2 Å². The van der Waals surface area contributed by atoms with Crippen molar-refractivity contribution in [1.82, 2.24) is 0 Å². The fourth-order valence-electron chi connectivity index (χ4n) is 0.687. The largest absolute Gasteiger partial charge is 0.424 e. The molecule has 3 nitrogen and oxygen atoms in total. The first kappa shape index (κ1) is 11.0. The normalized spacial score (nSPS) is 18.6. The number of nitrogens with two attached hydrogens (primary N) is 1. The molecule has 1 aliphatic rings. The van der Waals surface area contributed by atoms with E-state index >= 15 is 0 Å². The summed E-state index contributed by atoms with van der Waals surface area (Å²) in [6.45, 7) is 1.06. The maximum atomic E-state index is 9.51. The molecule has 1 heterocycles. The smallest absolute Gasteiger partial charge is 0.227 e. The Kier molecular flexibility index (Phi) is 8.09. The van der Waals surface area contributed by atoms with Crippen molar-refractivity contribution in [2.45, 2.75) is 18.9 Å². The molecule has 1 amide bonds. The zero-order valence-electron chi connectivity index (χ0n) is 6.58. The summed E-state index contributed by atoms with van der Waals surface area (Å²) in [5.41, 5.74) is 4.58. The van der Waals surface area contributed by atoms with Gasteiger partial charge in [-0.15, -0.1) is 0 Å². The van der Waals surface area contributed by atoms with E-state index in [0.717, 1.165) is 6.61 Å². The number of carbonyl (C=O) groups excluding carboxylic acids is 1. The number of thiol groups is 1. The van der Waals surface area contributed by atoms with Gasteiger partial charge in [0.25, 0.3) is 0 Å². The van der Waals surface area contributed by atoms with Gasteiger partial charge in [-0.2, -0.15) is 12.6 Å². The summed E-state index contributed by atoms with van der Waals surface area (Å²) >= 11 is 3.54. The molecule has 0 aromatic heterocycles. The van der Waals surface area contributed by atoms with Crippen LogP contribution >= 0.6 is 12.6 Å². The molecule has 0 aromatic carbocycles. The van der Waals surface area contributed by atoms with Crippen LogP contribution in [0, 0.1) is 0 Å². The van der Waals surface area contributed by atoms with Gasteiger partial charge in [0.1, 0.15) is 0 Å². The van der Waals surface area contributed by atoms with E-state index in [0.29, 0.717) is 0 Å². The lowest BCUT2D eigenvalue weighted by atomic mass is 10.4. The van der Waals surface area contributed by atoms with Crippen molar-refractivity contribution in [1.29, 1.82) is 0 Å². The van der Waals surface area contributed by atoms with E-state index in [1.54, 1.807) is 0 Å². The van der Waals surface area contributed by atoms with Crippen LogP contribution in [0.25, 0.3) is 0 Å². The van der Waals surface area contributed by atoms with E-state index in [4.69, 9.17) is 4.43 Å². The van der Waals surface area contributed by atoms with Crippen molar-refractivity contribution < 1.29 is 9.22 Å². The minimum absolute atomic E-state index is 0.00849. The molecule has 0 spiro atoms. The minimum atomic E-state index is -0.381. The minimum Gasteiger partial charge on any atom is -0.424 e. The van der Waals surface area contributed by atoms with Gasteiger partial charge in [0, 0.05) is 6.61 Å². The first-order valence-electron chi connectivity index (χ1n) is 3.74. The average Bonchev–Trinajstić information content (AvgIpc) is 2.09. The average molecular weight is 193 g/mol. The van der Waals surface area contributed by atoms with Crippen LogP contribution < -0.4 is 5.73 Å². The maximum Gasteiger partial charge on any atom is 0.227 e. The molecule has 0 bridgehead atoms. The second-order valence-corrected chi connectivity index (χ2v) is 4.14. The Morgan fingerprint density at radius 3 is 2.36 bits per heavy atom. The van der Waals surface area contributed by atoms with Crippen molar-refractivity contribution in [2.75, 3.05) is 12.4 Å². The topological polar surface area (TPSA) is 52.3 Å². The summed E-state index contributed by atoms with van der Waals surface area (Å²) in [5, 5.41) is 0. The lowest BCUT2D eigenvalue weighted by molar-refractivity contribution is -0.115. The highest BCUT2D eigenvalue weighted by atomic mass is 32.1. The molecule has 1 rings (SSSR count). The van der Waals surface area contributed by atoms with Crippen LogP contribution in [0.2, 0.25) is 6.04 Å². The fourth-order valence-corrected chi connectivity index (χ4v) is 1.86. The monoisotopic (exact) mass is 193 g/mol. The Morgan fingerprint density at radius 1 is 1.64 bits per heavy atom. The van der Waals surface area contributed by atoms with Crippen LogP contribution in [-0.4, -0.2) is 28.0 Å². The standard InChI is InChI=1S/C4H10OSi.C2H5NOS/c1-2-4-6-5-3-1;3-2(4)1-5/h1-4,6H2;5H,1H2,(H2,3,4). The van der Waals surface area contributed by atoms with Gasteiger partial charge in [0.15, 0.2) is 9.76 Å². The summed E-state index contributed by atoms with van der Waals surface area (Å²) < 4.78 is 5.21. The second kappa shape index (κ2) is 8.10. The fraction of sp³-hybridized carbons (Fsp3) is 0.833. The summed E-state index contributed by atoms with van der Waals surface area (Å²) in [4.78, 5) is 9.51. The van der Waals surface area contributed by atoms with Crippen LogP contribution in [0.5, 0.6) is 0 Å². The first-order chi connectivity index (χ1) is 5.27. The molecule has 0 aromatic rings. The Labute approximate surface area is 75.0 Å². The maximum absolute atomic E-state index is 9.51. The SMILES string of the molecule is C1CC[SiH2]OC1.NC(=O)CS. The molecule has 0 radical (unpaired) electrons. The third-order valence-electron chi connectivity index (χ3n) is 1.23. The highest BCUT2D eigenvalue weighted by molar-refractivity contribution is 7.81. The van der Waals surface area contributed by atoms with E-state index in [1.165, 1.54) is 18.9 Å². The van der Waals surface area contributed by atoms with Crippen molar-refractivity contribution >= 4 is 28.3 Å². The van der Waals surface area contributed by atoms with Gasteiger partial charge in [-0.3, -0.25) is 4.79 Å². The van der Waals surface area contributed by atoms with E-state index in [-0.39, 0.29) is 21.4 Å². The van der Waals surface area contributed by atoms with Crippen LogP contribution in [-0.2, 0) is 9.22 Å². The molecule has 11 heavy (non-hydrogen) atoms. The molecule has 1 saturated heterocycles. The molecule has 5 heteroatoms. The Morgan fingerprint density at radius 2 is 2.27 bits per heavy atom. The summed E-state index contributed by atoms with van der Waals surface area (Å²) in [6.07, 6.45) is 2.75. The number of rotatable bonds is 1. The van der Waals surface area contributed by atoms with E-state index in [1.807, 2.05) is 0 Å². The van der Waals surface area contributed by atoms with Crippen LogP contribution in [0.15, 0.2) is 0 Å². The highest BCUT2D eigenvalue weighted by Gasteiger charge is 1.96. The van der Waals surface area contributed by atoms with Gasteiger partial charge in [0.2, 0.25) is 5.91 Å². The zero-order chi connectivity index (χ0) is 8.53. The van der Waals surface area contributed by atoms with Crippen LogP contribution in [0.1, 0.15) is 12.8 Å². The molecule has 2 N–H and O–H groups in total. The van der Waals surface area contributed by atoms with Gasteiger partial charge in [0.05, 0.1) is 5.75 Å². The zero-order valence-corrected chi connectivity index (χ0v) is 8.89. The highest BCUT2D eigenvalue weighted by Crippen LogP contribution is 2.01. The predicted octanol–water partition coefficient (Wildman–Crippen LogP) is -0.300. The third kappa shape index (κ3) is 10.00. The van der Waals surface area contributed by atoms with Crippen LogP contribution in [0.4, 0.5) is 0 Å². The number of amides is 1. The first-order valence-corrected chi connectivity index (χ1v) is 5.95. The molecule has 0 unspecified atom stereocenters. The van der Waals surface area contributed by atoms with Gasteiger partial charge in [-0.05, 0) is 12.5 Å². The quantitative estimate of drug-likeness (QED) is 0.444. The molecule has 1 aliphatic heterocycles. The van der Waals surface area contributed by atoms with E-state index < -0.39 is 0 Å². The van der Waals surface area contributed by atoms with Crippen LogP contribution in [0.3, 0.4) is 0 Å². The predicted molar refractivity (Wildman–Crippen MR) is 51.6 cm³/mol. The lowest BCUT2D eigenvalue weighted by Crippen LogP contribution is -2.10. The Balaban J connectivity index is 0.000000187.